The lowest BCUT2D eigenvalue weighted by atomic mass is 9.80. The van der Waals surface area contributed by atoms with Crippen LogP contribution >= 0.6 is 0 Å². The fourth-order valence-corrected chi connectivity index (χ4v) is 5.36. The average molecular weight is 378 g/mol. The Balaban J connectivity index is 1.46. The molecule has 2 atom stereocenters. The fourth-order valence-electron chi connectivity index (χ4n) is 5.36. The lowest BCUT2D eigenvalue weighted by Crippen LogP contribution is -2.35. The lowest BCUT2D eigenvalue weighted by molar-refractivity contribution is -0.182. The van der Waals surface area contributed by atoms with Gasteiger partial charge < -0.3 is 5.32 Å². The van der Waals surface area contributed by atoms with Crippen molar-refractivity contribution >= 4 is 5.65 Å². The van der Waals surface area contributed by atoms with Gasteiger partial charge in [-0.3, -0.25) is 0 Å². The van der Waals surface area contributed by atoms with Gasteiger partial charge >= 0.3 is 6.18 Å². The van der Waals surface area contributed by atoms with Gasteiger partial charge in [0.25, 0.3) is 0 Å². The largest absolute Gasteiger partial charge is 0.391 e. The maximum atomic E-state index is 13.0. The van der Waals surface area contributed by atoms with Gasteiger partial charge in [0, 0.05) is 29.6 Å². The monoisotopic (exact) mass is 378 g/mol. The van der Waals surface area contributed by atoms with Crippen molar-refractivity contribution < 1.29 is 13.2 Å². The molecule has 2 aromatic rings. The highest BCUT2D eigenvalue weighted by atomic mass is 19.4. The first-order chi connectivity index (χ1) is 12.9. The molecule has 3 heterocycles. The first-order valence-corrected chi connectivity index (χ1v) is 10.0. The maximum absolute atomic E-state index is 13.0. The summed E-state index contributed by atoms with van der Waals surface area (Å²) < 4.78 is 40.8. The molecule has 0 amide bonds. The van der Waals surface area contributed by atoms with Crippen molar-refractivity contribution in [3.8, 4) is 0 Å². The Morgan fingerprint density at radius 3 is 2.63 bits per heavy atom. The van der Waals surface area contributed by atoms with Gasteiger partial charge in [-0.25, -0.2) is 9.50 Å². The summed E-state index contributed by atoms with van der Waals surface area (Å²) in [5.74, 6) is -0.338. The van der Waals surface area contributed by atoms with Gasteiger partial charge in [0.1, 0.15) is 0 Å². The number of aryl methyl sites for hydroxylation is 1. The van der Waals surface area contributed by atoms with Crippen LogP contribution in [0.4, 0.5) is 13.2 Å². The van der Waals surface area contributed by atoms with Crippen molar-refractivity contribution in [2.45, 2.75) is 63.0 Å². The van der Waals surface area contributed by atoms with Gasteiger partial charge in [-0.1, -0.05) is 0 Å². The van der Waals surface area contributed by atoms with E-state index in [2.05, 4.69) is 16.4 Å². The molecule has 7 heteroatoms. The van der Waals surface area contributed by atoms with Gasteiger partial charge in [0.15, 0.2) is 5.65 Å². The molecule has 1 saturated heterocycles. The van der Waals surface area contributed by atoms with Crippen molar-refractivity contribution in [2.75, 3.05) is 13.1 Å². The van der Waals surface area contributed by atoms with Gasteiger partial charge in [-0.05, 0) is 64.0 Å². The molecule has 4 nitrogen and oxygen atoms in total. The van der Waals surface area contributed by atoms with Crippen LogP contribution in [0.3, 0.4) is 0 Å². The Morgan fingerprint density at radius 2 is 1.93 bits per heavy atom. The van der Waals surface area contributed by atoms with E-state index in [-0.39, 0.29) is 24.2 Å². The smallest absolute Gasteiger partial charge is 0.316 e. The number of rotatable bonds is 2. The minimum Gasteiger partial charge on any atom is -0.316 e. The van der Waals surface area contributed by atoms with Crippen LogP contribution in [0, 0.1) is 18.8 Å². The molecule has 2 aliphatic carbocycles. The SMILES string of the molecule is Cc1cc(C23CNCCC2C3)n2nc(C3CCC(C(F)(F)F)CC3)cc2n1. The van der Waals surface area contributed by atoms with Crippen LogP contribution in [-0.4, -0.2) is 33.9 Å². The number of halogens is 3. The van der Waals surface area contributed by atoms with Crippen molar-refractivity contribution in [2.24, 2.45) is 11.8 Å². The van der Waals surface area contributed by atoms with Crippen LogP contribution in [-0.2, 0) is 5.41 Å². The summed E-state index contributed by atoms with van der Waals surface area (Å²) in [6.07, 6.45) is -0.170. The number of nitrogens with zero attached hydrogens (tertiary/aromatic N) is 3. The molecular weight excluding hydrogens is 353 g/mol. The number of hydrogen-bond donors (Lipinski definition) is 1. The molecule has 3 aliphatic rings. The van der Waals surface area contributed by atoms with E-state index >= 15 is 0 Å². The number of alkyl halides is 3. The van der Waals surface area contributed by atoms with Gasteiger partial charge in [-0.15, -0.1) is 0 Å². The molecule has 0 spiro atoms. The Kier molecular flexibility index (Phi) is 3.84. The quantitative estimate of drug-likeness (QED) is 0.855. The third kappa shape index (κ3) is 2.85. The molecule has 1 N–H and O–H groups in total. The Labute approximate surface area is 156 Å². The zero-order valence-electron chi connectivity index (χ0n) is 15.5. The molecule has 2 unspecified atom stereocenters. The van der Waals surface area contributed by atoms with E-state index in [1.54, 1.807) is 0 Å². The molecule has 2 aromatic heterocycles. The third-order valence-corrected chi connectivity index (χ3v) is 7.03. The summed E-state index contributed by atoms with van der Waals surface area (Å²) in [6, 6.07) is 4.15. The van der Waals surface area contributed by atoms with Crippen molar-refractivity contribution in [1.29, 1.82) is 0 Å². The maximum Gasteiger partial charge on any atom is 0.391 e. The standard InChI is InChI=1S/C20H25F3N4/c1-12-8-17(19-10-15(19)6-7-24-11-19)27-18(25-12)9-16(26-27)13-2-4-14(5-3-13)20(21,22)23/h8-9,13-15,24H,2-7,10-11H2,1H3. The van der Waals surface area contributed by atoms with Crippen LogP contribution in [0.1, 0.15) is 61.5 Å². The molecule has 0 radical (unpaired) electrons. The van der Waals surface area contributed by atoms with E-state index in [1.807, 2.05) is 17.5 Å². The Morgan fingerprint density at radius 1 is 1.15 bits per heavy atom. The summed E-state index contributed by atoms with van der Waals surface area (Å²) in [5, 5.41) is 8.38. The highest BCUT2D eigenvalue weighted by Gasteiger charge is 2.57. The number of nitrogens with one attached hydrogen (secondary N) is 1. The van der Waals surface area contributed by atoms with E-state index in [0.29, 0.717) is 18.8 Å². The molecule has 2 saturated carbocycles. The molecule has 27 heavy (non-hydrogen) atoms. The normalized spacial score (nSPS) is 33.9. The average Bonchev–Trinajstić information content (AvgIpc) is 3.24. The molecule has 0 bridgehead atoms. The van der Waals surface area contributed by atoms with Crippen LogP contribution < -0.4 is 5.32 Å². The Bertz CT molecular complexity index is 866. The second-order valence-corrected chi connectivity index (χ2v) is 8.73. The highest BCUT2D eigenvalue weighted by molar-refractivity contribution is 5.46. The summed E-state index contributed by atoms with van der Waals surface area (Å²) >= 11 is 0. The first kappa shape index (κ1) is 17.5. The van der Waals surface area contributed by atoms with E-state index in [0.717, 1.165) is 30.1 Å². The second-order valence-electron chi connectivity index (χ2n) is 8.73. The van der Waals surface area contributed by atoms with Crippen LogP contribution in [0.5, 0.6) is 0 Å². The van der Waals surface area contributed by atoms with Crippen molar-refractivity contribution in [3.63, 3.8) is 0 Å². The third-order valence-electron chi connectivity index (χ3n) is 7.03. The van der Waals surface area contributed by atoms with Crippen LogP contribution in [0.15, 0.2) is 12.1 Å². The molecular formula is C20H25F3N4. The lowest BCUT2D eigenvalue weighted by Gasteiger charge is -2.28. The first-order valence-electron chi connectivity index (χ1n) is 10.0. The number of fused-ring (bicyclic) bond motifs is 2. The summed E-state index contributed by atoms with van der Waals surface area (Å²) in [5.41, 5.74) is 4.10. The number of piperidine rings is 1. The van der Waals surface area contributed by atoms with Crippen molar-refractivity contribution in [3.05, 3.63) is 29.2 Å². The topological polar surface area (TPSA) is 42.2 Å². The summed E-state index contributed by atoms with van der Waals surface area (Å²) in [4.78, 5) is 4.65. The number of aromatic nitrogens is 3. The Hall–Kier alpha value is -1.63. The predicted molar refractivity (Wildman–Crippen MR) is 95.7 cm³/mol. The second kappa shape index (κ2) is 5.93. The minimum absolute atomic E-state index is 0.107. The molecule has 3 fully saturated rings. The number of hydrogen-bond acceptors (Lipinski definition) is 3. The molecule has 0 aromatic carbocycles. The van der Waals surface area contributed by atoms with Crippen molar-refractivity contribution in [1.82, 2.24) is 19.9 Å². The molecule has 146 valence electrons. The van der Waals surface area contributed by atoms with E-state index in [9.17, 15) is 13.2 Å². The summed E-state index contributed by atoms with van der Waals surface area (Å²) in [7, 11) is 0. The summed E-state index contributed by atoms with van der Waals surface area (Å²) in [6.45, 7) is 4.06. The highest BCUT2D eigenvalue weighted by Crippen LogP contribution is 2.57. The van der Waals surface area contributed by atoms with Crippen LogP contribution in [0.25, 0.3) is 5.65 Å². The van der Waals surface area contributed by atoms with E-state index in [1.165, 1.54) is 18.5 Å². The fraction of sp³-hybridized carbons (Fsp3) is 0.700. The van der Waals surface area contributed by atoms with Gasteiger partial charge in [0.05, 0.1) is 17.3 Å². The van der Waals surface area contributed by atoms with E-state index < -0.39 is 12.1 Å². The van der Waals surface area contributed by atoms with Gasteiger partial charge in [0.2, 0.25) is 0 Å². The van der Waals surface area contributed by atoms with Crippen LogP contribution in [0.2, 0.25) is 0 Å². The van der Waals surface area contributed by atoms with E-state index in [4.69, 9.17) is 5.10 Å². The molecule has 5 rings (SSSR count). The zero-order chi connectivity index (χ0) is 18.8. The minimum atomic E-state index is -4.07. The predicted octanol–water partition coefficient (Wildman–Crippen LogP) is 4.12. The zero-order valence-corrected chi connectivity index (χ0v) is 15.5. The molecule has 1 aliphatic heterocycles. The van der Waals surface area contributed by atoms with Gasteiger partial charge in [-0.2, -0.15) is 18.3 Å².